The van der Waals surface area contributed by atoms with Crippen LogP contribution in [-0.2, 0) is 4.79 Å². The van der Waals surface area contributed by atoms with E-state index in [1.807, 2.05) is 6.07 Å². The third-order valence-electron chi connectivity index (χ3n) is 3.47. The molecule has 0 spiro atoms. The average molecular weight is 264 g/mol. The smallest absolute Gasteiger partial charge is 0.248 e. The Hall–Kier alpha value is -1.83. The lowest BCUT2D eigenvalue weighted by Crippen LogP contribution is -2.32. The van der Waals surface area contributed by atoms with E-state index in [1.165, 1.54) is 12.4 Å². The zero-order valence-corrected chi connectivity index (χ0v) is 10.4. The highest BCUT2D eigenvalue weighted by Gasteiger charge is 2.41. The number of halogens is 2. The molecule has 1 aromatic rings. The Labute approximate surface area is 110 Å². The number of carbonyl (C=O) groups excluding carboxylic acids is 1. The van der Waals surface area contributed by atoms with Crippen LogP contribution in [0, 0.1) is 17.2 Å². The van der Waals surface area contributed by atoms with Crippen molar-refractivity contribution in [2.24, 2.45) is 5.92 Å². The van der Waals surface area contributed by atoms with Crippen molar-refractivity contribution in [1.82, 2.24) is 4.98 Å². The molecule has 3 nitrogen and oxygen atoms in total. The van der Waals surface area contributed by atoms with Crippen molar-refractivity contribution in [3.8, 4) is 6.07 Å². The molecule has 19 heavy (non-hydrogen) atoms. The molecule has 0 N–H and O–H groups in total. The van der Waals surface area contributed by atoms with Gasteiger partial charge in [-0.1, -0.05) is 6.07 Å². The SMILES string of the molecule is N#CC(C(=O)C1CCCC(F)(F)C1)c1cccnc1. The van der Waals surface area contributed by atoms with Crippen LogP contribution in [0.3, 0.4) is 0 Å². The first-order valence-electron chi connectivity index (χ1n) is 6.24. The van der Waals surface area contributed by atoms with E-state index in [4.69, 9.17) is 5.26 Å². The Morgan fingerprint density at radius 3 is 2.95 bits per heavy atom. The fraction of sp³-hybridized carbons (Fsp3) is 0.500. The third kappa shape index (κ3) is 3.14. The molecule has 1 heterocycles. The summed E-state index contributed by atoms with van der Waals surface area (Å²) in [6.45, 7) is 0. The number of aromatic nitrogens is 1. The normalized spacial score (nSPS) is 23.3. The number of Topliss-reactive ketones (excluding diaryl/α,β-unsaturated/α-hetero) is 1. The molecule has 100 valence electrons. The number of hydrogen-bond acceptors (Lipinski definition) is 3. The van der Waals surface area contributed by atoms with Crippen molar-refractivity contribution in [2.75, 3.05) is 0 Å². The van der Waals surface area contributed by atoms with Crippen LogP contribution < -0.4 is 0 Å². The minimum atomic E-state index is -2.78. The van der Waals surface area contributed by atoms with Gasteiger partial charge in [-0.3, -0.25) is 9.78 Å². The van der Waals surface area contributed by atoms with Crippen LogP contribution in [0.2, 0.25) is 0 Å². The van der Waals surface area contributed by atoms with E-state index in [9.17, 15) is 13.6 Å². The summed E-state index contributed by atoms with van der Waals surface area (Å²) in [6, 6.07) is 5.16. The summed E-state index contributed by atoms with van der Waals surface area (Å²) in [5, 5.41) is 9.12. The van der Waals surface area contributed by atoms with Crippen molar-refractivity contribution in [2.45, 2.75) is 37.5 Å². The lowest BCUT2D eigenvalue weighted by Gasteiger charge is -2.28. The second-order valence-corrected chi connectivity index (χ2v) is 4.90. The summed E-state index contributed by atoms with van der Waals surface area (Å²) in [5.74, 6) is -4.91. The zero-order valence-electron chi connectivity index (χ0n) is 10.4. The molecule has 1 aromatic heterocycles. The highest BCUT2D eigenvalue weighted by molar-refractivity contribution is 5.90. The first kappa shape index (κ1) is 13.6. The van der Waals surface area contributed by atoms with Crippen molar-refractivity contribution < 1.29 is 13.6 Å². The molecule has 2 unspecified atom stereocenters. The van der Waals surface area contributed by atoms with Gasteiger partial charge < -0.3 is 0 Å². The Morgan fingerprint density at radius 1 is 1.58 bits per heavy atom. The molecule has 2 rings (SSSR count). The highest BCUT2D eigenvalue weighted by atomic mass is 19.3. The Kier molecular flexibility index (Phi) is 3.89. The van der Waals surface area contributed by atoms with Gasteiger partial charge in [0.25, 0.3) is 0 Å². The first-order valence-corrected chi connectivity index (χ1v) is 6.24. The summed E-state index contributed by atoms with van der Waals surface area (Å²) in [7, 11) is 0. The number of nitriles is 1. The average Bonchev–Trinajstić information content (AvgIpc) is 2.39. The largest absolute Gasteiger partial charge is 0.298 e. The number of alkyl halides is 2. The van der Waals surface area contributed by atoms with E-state index in [0.717, 1.165) is 0 Å². The fourth-order valence-corrected chi connectivity index (χ4v) is 2.50. The summed E-state index contributed by atoms with van der Waals surface area (Å²) >= 11 is 0. The number of ketones is 1. The summed E-state index contributed by atoms with van der Waals surface area (Å²) in [6.07, 6.45) is 3.14. The summed E-state index contributed by atoms with van der Waals surface area (Å²) in [4.78, 5) is 16.1. The molecule has 1 fully saturated rings. The Morgan fingerprint density at radius 2 is 2.37 bits per heavy atom. The predicted molar refractivity (Wildman–Crippen MR) is 64.5 cm³/mol. The van der Waals surface area contributed by atoms with Crippen LogP contribution in [0.25, 0.3) is 0 Å². The Bertz CT molecular complexity index is 496. The molecular weight excluding hydrogens is 250 g/mol. The van der Waals surface area contributed by atoms with Gasteiger partial charge in [-0.25, -0.2) is 8.78 Å². The van der Waals surface area contributed by atoms with Crippen molar-refractivity contribution in [1.29, 1.82) is 5.26 Å². The molecule has 1 saturated carbocycles. The van der Waals surface area contributed by atoms with E-state index in [1.54, 1.807) is 12.1 Å². The maximum Gasteiger partial charge on any atom is 0.248 e. The van der Waals surface area contributed by atoms with Gasteiger partial charge in [0.1, 0.15) is 5.92 Å². The lowest BCUT2D eigenvalue weighted by molar-refractivity contribution is -0.130. The standard InChI is InChI=1S/C14H14F2N2O/c15-14(16)5-1-3-10(7-14)13(19)12(8-17)11-4-2-6-18-9-11/h2,4,6,9-10,12H,1,3,5,7H2. The Balaban J connectivity index is 2.16. The predicted octanol–water partition coefficient (Wildman–Crippen LogP) is 3.08. The molecule has 0 radical (unpaired) electrons. The van der Waals surface area contributed by atoms with Gasteiger partial charge in [-0.05, 0) is 24.5 Å². The van der Waals surface area contributed by atoms with Gasteiger partial charge in [0.15, 0.2) is 5.78 Å². The second kappa shape index (κ2) is 5.43. The fourth-order valence-electron chi connectivity index (χ4n) is 2.50. The van der Waals surface area contributed by atoms with Crippen molar-refractivity contribution >= 4 is 5.78 Å². The quantitative estimate of drug-likeness (QED) is 0.843. The minimum absolute atomic E-state index is 0.166. The van der Waals surface area contributed by atoms with Crippen molar-refractivity contribution in [3.05, 3.63) is 30.1 Å². The first-order chi connectivity index (χ1) is 9.03. The van der Waals surface area contributed by atoms with E-state index in [2.05, 4.69) is 4.98 Å². The van der Waals surface area contributed by atoms with Crippen LogP contribution in [0.15, 0.2) is 24.5 Å². The topological polar surface area (TPSA) is 53.8 Å². The van der Waals surface area contributed by atoms with Crippen LogP contribution in [0.1, 0.15) is 37.2 Å². The molecule has 1 aliphatic carbocycles. The minimum Gasteiger partial charge on any atom is -0.298 e. The van der Waals surface area contributed by atoms with Gasteiger partial charge in [0, 0.05) is 31.2 Å². The number of carbonyl (C=O) groups is 1. The second-order valence-electron chi connectivity index (χ2n) is 4.90. The number of rotatable bonds is 3. The van der Waals surface area contributed by atoms with Gasteiger partial charge >= 0.3 is 0 Å². The van der Waals surface area contributed by atoms with Crippen molar-refractivity contribution in [3.63, 3.8) is 0 Å². The maximum absolute atomic E-state index is 13.3. The molecule has 0 aliphatic heterocycles. The van der Waals surface area contributed by atoms with E-state index in [0.29, 0.717) is 18.4 Å². The molecule has 5 heteroatoms. The van der Waals surface area contributed by atoms with E-state index in [-0.39, 0.29) is 6.42 Å². The number of nitrogens with zero attached hydrogens (tertiary/aromatic N) is 2. The number of hydrogen-bond donors (Lipinski definition) is 0. The molecule has 0 amide bonds. The zero-order chi connectivity index (χ0) is 13.9. The van der Waals surface area contributed by atoms with E-state index >= 15 is 0 Å². The molecule has 0 bridgehead atoms. The maximum atomic E-state index is 13.3. The highest BCUT2D eigenvalue weighted by Crippen LogP contribution is 2.39. The van der Waals surface area contributed by atoms with E-state index < -0.39 is 30.0 Å². The monoisotopic (exact) mass is 264 g/mol. The lowest BCUT2D eigenvalue weighted by atomic mass is 9.79. The van der Waals surface area contributed by atoms with Gasteiger partial charge in [0.2, 0.25) is 5.92 Å². The third-order valence-corrected chi connectivity index (χ3v) is 3.47. The summed E-state index contributed by atoms with van der Waals surface area (Å²) < 4.78 is 26.7. The molecule has 1 aliphatic rings. The number of pyridine rings is 1. The molecule has 2 atom stereocenters. The van der Waals surface area contributed by atoms with Gasteiger partial charge in [0.05, 0.1) is 6.07 Å². The van der Waals surface area contributed by atoms with Crippen LogP contribution in [0.5, 0.6) is 0 Å². The van der Waals surface area contributed by atoms with Crippen LogP contribution >= 0.6 is 0 Å². The molecule has 0 saturated heterocycles. The summed E-state index contributed by atoms with van der Waals surface area (Å²) in [5.41, 5.74) is 0.476. The van der Waals surface area contributed by atoms with Gasteiger partial charge in [-0.15, -0.1) is 0 Å². The van der Waals surface area contributed by atoms with Crippen LogP contribution in [0.4, 0.5) is 8.78 Å². The van der Waals surface area contributed by atoms with Crippen LogP contribution in [-0.4, -0.2) is 16.7 Å². The molecule has 0 aromatic carbocycles. The molecular formula is C14H14F2N2O. The van der Waals surface area contributed by atoms with Gasteiger partial charge in [-0.2, -0.15) is 5.26 Å².